The third-order valence-electron chi connectivity index (χ3n) is 6.53. The number of fused-ring (bicyclic) bond motifs is 3. The van der Waals surface area contributed by atoms with Gasteiger partial charge in [-0.15, -0.1) is 0 Å². The highest BCUT2D eigenvalue weighted by Crippen LogP contribution is 2.37. The standard InChI is InChI=1S/C12H16O2.C11H14O2.C9H10O.C5H12.4CH4/c1-12(2,3)11-8-13-9-6-4-5-7-10(9)14-11;1-11(2,3)8-4-5-9-10(6-8)13-7-12-9;1-2-6-9-8(4-1)5-3-7-10-9;1-5(2,3)4;;;;/h4-7,11H,8H2,1-3H3;4-6H,7H2,1-3H3;1-2,4,6H,3,5,7H2;1-4H3;4*1H4. The molecular weight excluding hydrogens is 572 g/mol. The lowest BCUT2D eigenvalue weighted by atomic mass is 9.87. The Kier molecular flexibility index (Phi) is 18.8. The van der Waals surface area contributed by atoms with Gasteiger partial charge in [-0.1, -0.05) is 135 Å². The average Bonchev–Trinajstić information content (AvgIpc) is 3.40. The summed E-state index contributed by atoms with van der Waals surface area (Å²) in [5.41, 5.74) is 3.42. The Labute approximate surface area is 284 Å². The Hall–Kier alpha value is -3.34. The maximum atomic E-state index is 5.87. The Bertz CT molecular complexity index is 1230. The van der Waals surface area contributed by atoms with E-state index in [4.69, 9.17) is 23.7 Å². The van der Waals surface area contributed by atoms with Crippen LogP contribution in [0.25, 0.3) is 0 Å². The molecule has 0 saturated heterocycles. The van der Waals surface area contributed by atoms with Gasteiger partial charge in [0.1, 0.15) is 18.5 Å². The second-order valence-corrected chi connectivity index (χ2v) is 14.6. The number of hydrogen-bond donors (Lipinski definition) is 0. The van der Waals surface area contributed by atoms with Crippen molar-refractivity contribution in [3.8, 4) is 28.7 Å². The van der Waals surface area contributed by atoms with Crippen LogP contribution in [0.3, 0.4) is 0 Å². The average molecular weight is 641 g/mol. The van der Waals surface area contributed by atoms with E-state index >= 15 is 0 Å². The molecule has 3 aromatic rings. The molecule has 1 unspecified atom stereocenters. The topological polar surface area (TPSA) is 46.2 Å². The molecule has 262 valence electrons. The predicted octanol–water partition coefficient (Wildman–Crippen LogP) is 12.2. The molecule has 0 aliphatic carbocycles. The van der Waals surface area contributed by atoms with Crippen LogP contribution in [0.2, 0.25) is 0 Å². The quantitative estimate of drug-likeness (QED) is 0.245. The van der Waals surface area contributed by atoms with Gasteiger partial charge in [0.15, 0.2) is 23.0 Å². The molecule has 0 bridgehead atoms. The summed E-state index contributed by atoms with van der Waals surface area (Å²) >= 11 is 0. The normalized spacial score (nSPS) is 15.1. The van der Waals surface area contributed by atoms with Crippen molar-refractivity contribution in [3.05, 3.63) is 77.9 Å². The monoisotopic (exact) mass is 641 g/mol. The maximum Gasteiger partial charge on any atom is 0.231 e. The Balaban J connectivity index is 0. The molecule has 0 aromatic heterocycles. The van der Waals surface area contributed by atoms with Gasteiger partial charge < -0.3 is 23.7 Å². The van der Waals surface area contributed by atoms with E-state index in [1.54, 1.807) is 0 Å². The molecule has 3 aliphatic rings. The zero-order valence-corrected chi connectivity index (χ0v) is 27.5. The number of para-hydroxylation sites is 3. The largest absolute Gasteiger partial charge is 0.493 e. The molecule has 0 saturated carbocycles. The van der Waals surface area contributed by atoms with Crippen molar-refractivity contribution in [2.45, 2.75) is 123 Å². The van der Waals surface area contributed by atoms with Gasteiger partial charge in [0.25, 0.3) is 0 Å². The van der Waals surface area contributed by atoms with E-state index in [-0.39, 0.29) is 46.6 Å². The van der Waals surface area contributed by atoms with Gasteiger partial charge in [-0.2, -0.15) is 0 Å². The minimum atomic E-state index is 0. The summed E-state index contributed by atoms with van der Waals surface area (Å²) in [6, 6.07) is 22.2. The van der Waals surface area contributed by atoms with Crippen LogP contribution in [0.1, 0.15) is 116 Å². The first-order valence-corrected chi connectivity index (χ1v) is 15.1. The van der Waals surface area contributed by atoms with Crippen LogP contribution < -0.4 is 23.7 Å². The highest BCUT2D eigenvalue weighted by molar-refractivity contribution is 5.46. The highest BCUT2D eigenvalue weighted by Gasteiger charge is 2.31. The van der Waals surface area contributed by atoms with Crippen LogP contribution in [0.15, 0.2) is 66.7 Å². The van der Waals surface area contributed by atoms with Gasteiger partial charge >= 0.3 is 0 Å². The lowest BCUT2D eigenvalue weighted by Gasteiger charge is -2.34. The van der Waals surface area contributed by atoms with E-state index in [0.717, 1.165) is 41.8 Å². The van der Waals surface area contributed by atoms with E-state index in [1.165, 1.54) is 17.5 Å². The van der Waals surface area contributed by atoms with Crippen molar-refractivity contribution in [3.63, 3.8) is 0 Å². The molecule has 3 aromatic carbocycles. The molecule has 6 rings (SSSR count). The number of benzene rings is 3. The molecule has 3 aliphatic heterocycles. The fourth-order valence-corrected chi connectivity index (χ4v) is 4.11. The summed E-state index contributed by atoms with van der Waals surface area (Å²) in [4.78, 5) is 0. The fourth-order valence-electron chi connectivity index (χ4n) is 4.11. The number of aryl methyl sites for hydroxylation is 1. The Morgan fingerprint density at radius 3 is 1.65 bits per heavy atom. The lowest BCUT2D eigenvalue weighted by Crippen LogP contribution is -2.39. The first kappa shape index (κ1) is 44.8. The summed E-state index contributed by atoms with van der Waals surface area (Å²) in [5.74, 6) is 4.51. The zero-order chi connectivity index (χ0) is 31.0. The van der Waals surface area contributed by atoms with Crippen molar-refractivity contribution in [1.82, 2.24) is 0 Å². The SMILES string of the molecule is C.C.C.C.CC(C)(C)C.CC(C)(C)C1COc2ccccc2O1.CC(C)(C)c1ccc2c(c1)OCO2.c1ccc2c(c1)CCCO2. The van der Waals surface area contributed by atoms with Gasteiger partial charge in [-0.25, -0.2) is 0 Å². The molecular formula is C41H68O5. The van der Waals surface area contributed by atoms with Crippen molar-refractivity contribution in [1.29, 1.82) is 0 Å². The van der Waals surface area contributed by atoms with Gasteiger partial charge in [0.2, 0.25) is 6.79 Å². The predicted molar refractivity (Wildman–Crippen MR) is 199 cm³/mol. The van der Waals surface area contributed by atoms with Crippen molar-refractivity contribution < 1.29 is 23.7 Å². The van der Waals surface area contributed by atoms with Gasteiger partial charge in [0, 0.05) is 5.41 Å². The van der Waals surface area contributed by atoms with Crippen molar-refractivity contribution >= 4 is 0 Å². The molecule has 0 amide bonds. The molecule has 5 nitrogen and oxygen atoms in total. The molecule has 46 heavy (non-hydrogen) atoms. The minimum absolute atomic E-state index is 0. The van der Waals surface area contributed by atoms with Gasteiger partial charge in [-0.05, 0) is 65.1 Å². The lowest BCUT2D eigenvalue weighted by molar-refractivity contribution is 0.0163. The second-order valence-electron chi connectivity index (χ2n) is 14.6. The molecule has 0 radical (unpaired) electrons. The van der Waals surface area contributed by atoms with Crippen LogP contribution in [-0.2, 0) is 11.8 Å². The van der Waals surface area contributed by atoms with E-state index in [2.05, 4.69) is 93.5 Å². The first-order chi connectivity index (χ1) is 19.6. The van der Waals surface area contributed by atoms with E-state index in [1.807, 2.05) is 42.5 Å². The van der Waals surface area contributed by atoms with Crippen LogP contribution in [0.4, 0.5) is 0 Å². The van der Waals surface area contributed by atoms with Crippen LogP contribution in [0, 0.1) is 10.8 Å². The summed E-state index contributed by atoms with van der Waals surface area (Å²) < 4.78 is 27.5. The van der Waals surface area contributed by atoms with E-state index in [9.17, 15) is 0 Å². The zero-order valence-electron chi connectivity index (χ0n) is 27.5. The molecule has 1 atom stereocenters. The molecule has 0 fully saturated rings. The smallest absolute Gasteiger partial charge is 0.231 e. The van der Waals surface area contributed by atoms with Gasteiger partial charge in [-0.3, -0.25) is 0 Å². The third kappa shape index (κ3) is 14.8. The van der Waals surface area contributed by atoms with Crippen LogP contribution in [0.5, 0.6) is 28.7 Å². The van der Waals surface area contributed by atoms with Crippen LogP contribution in [-0.4, -0.2) is 26.1 Å². The molecule has 5 heteroatoms. The molecule has 0 N–H and O–H groups in total. The van der Waals surface area contributed by atoms with E-state index < -0.39 is 0 Å². The minimum Gasteiger partial charge on any atom is -0.493 e. The second kappa shape index (κ2) is 19.4. The number of hydrogen-bond acceptors (Lipinski definition) is 5. The van der Waals surface area contributed by atoms with Crippen LogP contribution >= 0.6 is 0 Å². The number of ether oxygens (including phenoxy) is 5. The summed E-state index contributed by atoms with van der Waals surface area (Å²) in [6.07, 6.45) is 2.48. The van der Waals surface area contributed by atoms with Gasteiger partial charge in [0.05, 0.1) is 6.61 Å². The Morgan fingerprint density at radius 1 is 0.565 bits per heavy atom. The summed E-state index contributed by atoms with van der Waals surface area (Å²) in [6.45, 7) is 23.7. The maximum absolute atomic E-state index is 5.87. The Morgan fingerprint density at radius 2 is 1.09 bits per heavy atom. The highest BCUT2D eigenvalue weighted by atomic mass is 16.7. The van der Waals surface area contributed by atoms with E-state index in [0.29, 0.717) is 18.8 Å². The third-order valence-corrected chi connectivity index (χ3v) is 6.53. The fraction of sp³-hybridized carbons (Fsp3) is 0.561. The first-order valence-electron chi connectivity index (χ1n) is 15.1. The summed E-state index contributed by atoms with van der Waals surface area (Å²) in [7, 11) is 0. The molecule has 0 spiro atoms. The number of rotatable bonds is 0. The molecule has 3 heterocycles. The van der Waals surface area contributed by atoms with Crippen molar-refractivity contribution in [2.75, 3.05) is 20.0 Å². The van der Waals surface area contributed by atoms with Crippen molar-refractivity contribution in [2.24, 2.45) is 10.8 Å². The summed E-state index contributed by atoms with van der Waals surface area (Å²) in [5, 5.41) is 0.